The van der Waals surface area contributed by atoms with Crippen molar-refractivity contribution in [2.24, 2.45) is 5.73 Å². The van der Waals surface area contributed by atoms with Gasteiger partial charge in [-0.25, -0.2) is 9.37 Å². The van der Waals surface area contributed by atoms with Gasteiger partial charge >= 0.3 is 6.18 Å². The fraction of sp³-hybridized carbons (Fsp3) is 0.346. The maximum atomic E-state index is 13.6. The predicted molar refractivity (Wildman–Crippen MR) is 134 cm³/mol. The van der Waals surface area contributed by atoms with E-state index < -0.39 is 22.3 Å². The molecule has 0 atom stereocenters. The van der Waals surface area contributed by atoms with Crippen LogP contribution in [0, 0.1) is 5.82 Å². The third-order valence-electron chi connectivity index (χ3n) is 6.03. The summed E-state index contributed by atoms with van der Waals surface area (Å²) in [6, 6.07) is 9.46. The van der Waals surface area contributed by atoms with E-state index in [-0.39, 0.29) is 5.82 Å². The average molecular weight is 522 g/mol. The van der Waals surface area contributed by atoms with Gasteiger partial charge in [-0.1, -0.05) is 24.6 Å². The van der Waals surface area contributed by atoms with Gasteiger partial charge in [0.25, 0.3) is 0 Å². The minimum atomic E-state index is -4.55. The number of aromatic nitrogens is 2. The van der Waals surface area contributed by atoms with Gasteiger partial charge in [0, 0.05) is 35.6 Å². The zero-order valence-corrected chi connectivity index (χ0v) is 21.0. The van der Waals surface area contributed by atoms with Crippen LogP contribution in [0.25, 0.3) is 11.3 Å². The summed E-state index contributed by atoms with van der Waals surface area (Å²) < 4.78 is 55.1. The van der Waals surface area contributed by atoms with Gasteiger partial charge < -0.3 is 20.5 Å². The lowest BCUT2D eigenvalue weighted by Gasteiger charge is -2.38. The second-order valence-electron chi connectivity index (χ2n) is 9.34. The van der Waals surface area contributed by atoms with Gasteiger partial charge in [-0.2, -0.15) is 13.2 Å². The zero-order valence-electron chi connectivity index (χ0n) is 20.3. The van der Waals surface area contributed by atoms with E-state index >= 15 is 0 Å². The summed E-state index contributed by atoms with van der Waals surface area (Å²) in [5.74, 6) is 0.977. The van der Waals surface area contributed by atoms with E-state index in [1.54, 1.807) is 12.1 Å². The molecule has 0 saturated carbocycles. The molecule has 2 aromatic carbocycles. The van der Waals surface area contributed by atoms with Crippen LogP contribution in [-0.2, 0) is 19.3 Å². The van der Waals surface area contributed by atoms with Crippen molar-refractivity contribution in [1.29, 1.82) is 0 Å². The van der Waals surface area contributed by atoms with Crippen molar-refractivity contribution in [3.8, 4) is 11.3 Å². The van der Waals surface area contributed by atoms with Crippen LogP contribution in [0.2, 0.25) is 5.02 Å². The topological polar surface area (TPSA) is 59.1 Å². The van der Waals surface area contributed by atoms with Crippen LogP contribution in [0.5, 0.6) is 0 Å². The van der Waals surface area contributed by atoms with Gasteiger partial charge in [-0.3, -0.25) is 0 Å². The Hall–Kier alpha value is -3.04. The van der Waals surface area contributed by atoms with Gasteiger partial charge in [0.2, 0.25) is 0 Å². The number of imidazole rings is 1. The number of fused-ring (bicyclic) bond motifs is 1. The van der Waals surface area contributed by atoms with Crippen molar-refractivity contribution in [3.05, 3.63) is 76.5 Å². The third-order valence-corrected chi connectivity index (χ3v) is 6.34. The highest BCUT2D eigenvalue weighted by molar-refractivity contribution is 6.31. The van der Waals surface area contributed by atoms with E-state index in [9.17, 15) is 17.6 Å². The molecular weight excluding hydrogens is 494 g/mol. The van der Waals surface area contributed by atoms with Crippen molar-refractivity contribution >= 4 is 23.1 Å². The maximum absolute atomic E-state index is 13.6. The van der Waals surface area contributed by atoms with Crippen LogP contribution in [0.1, 0.15) is 38.6 Å². The van der Waals surface area contributed by atoms with Crippen LogP contribution >= 0.6 is 11.6 Å². The number of nitrogens with zero attached hydrogens (tertiary/aromatic N) is 3. The molecule has 1 aliphatic rings. The van der Waals surface area contributed by atoms with Gasteiger partial charge in [-0.05, 0) is 62.7 Å². The third kappa shape index (κ3) is 5.37. The van der Waals surface area contributed by atoms with Crippen LogP contribution < -0.4 is 11.1 Å². The molecule has 10 heteroatoms. The number of halogens is 5. The van der Waals surface area contributed by atoms with Crippen LogP contribution in [0.15, 0.2) is 54.2 Å². The van der Waals surface area contributed by atoms with Crippen LogP contribution in [-0.4, -0.2) is 26.5 Å². The number of alkyl halides is 3. The first kappa shape index (κ1) is 26.0. The first-order chi connectivity index (χ1) is 16.9. The first-order valence-electron chi connectivity index (χ1n) is 11.6. The number of anilines is 2. The van der Waals surface area contributed by atoms with Gasteiger partial charge in [-0.15, -0.1) is 0 Å². The smallest absolute Gasteiger partial charge is 0.364 e. The Balaban J connectivity index is 1.76. The Morgan fingerprint density at radius 1 is 1.14 bits per heavy atom. The van der Waals surface area contributed by atoms with Crippen molar-refractivity contribution in [1.82, 2.24) is 14.5 Å². The molecule has 192 valence electrons. The number of hydrogen-bond donors (Lipinski definition) is 2. The van der Waals surface area contributed by atoms with Gasteiger partial charge in [0.1, 0.15) is 23.2 Å². The summed E-state index contributed by atoms with van der Waals surface area (Å²) in [6.45, 7) is 7.71. The lowest BCUT2D eigenvalue weighted by Crippen LogP contribution is -2.45. The molecule has 0 spiro atoms. The molecule has 5 nitrogen and oxygen atoms in total. The van der Waals surface area contributed by atoms with Crippen LogP contribution in [0.3, 0.4) is 0 Å². The fourth-order valence-corrected chi connectivity index (χ4v) is 4.71. The number of rotatable bonds is 6. The molecule has 0 amide bonds. The minimum absolute atomic E-state index is 0.377. The average Bonchev–Trinajstić information content (AvgIpc) is 3.13. The highest BCUT2D eigenvalue weighted by Gasteiger charge is 2.33. The van der Waals surface area contributed by atoms with Crippen molar-refractivity contribution < 1.29 is 17.6 Å². The number of nitrogens with one attached hydrogen (secondary N) is 1. The summed E-state index contributed by atoms with van der Waals surface area (Å²) in [4.78, 5) is 7.05. The summed E-state index contributed by atoms with van der Waals surface area (Å²) in [6.07, 6.45) is -1.60. The van der Waals surface area contributed by atoms with Crippen LogP contribution in [0.4, 0.5) is 29.1 Å². The molecule has 4 rings (SSSR count). The largest absolute Gasteiger partial charge is 0.417 e. The Morgan fingerprint density at radius 2 is 1.83 bits per heavy atom. The van der Waals surface area contributed by atoms with E-state index in [0.717, 1.165) is 24.0 Å². The van der Waals surface area contributed by atoms with Gasteiger partial charge in [0.05, 0.1) is 17.1 Å². The summed E-state index contributed by atoms with van der Waals surface area (Å²) in [5, 5.41) is 2.81. The maximum Gasteiger partial charge on any atom is 0.417 e. The highest BCUT2D eigenvalue weighted by atomic mass is 35.5. The number of nitrogens with two attached hydrogens (primary N) is 1. The second kappa shape index (κ2) is 9.78. The Kier molecular flexibility index (Phi) is 7.07. The zero-order chi connectivity index (χ0) is 26.3. The monoisotopic (exact) mass is 521 g/mol. The SMILES string of the molecule is CC/C=C(/N1CCn2c(nc(-c3ccc(F)cc3)c2Nc2ccc(C(F)(F)F)c(Cl)c2)C1)C(C)(C)N. The minimum Gasteiger partial charge on any atom is -0.364 e. The number of allylic oxidation sites excluding steroid dienone is 1. The second-order valence-corrected chi connectivity index (χ2v) is 9.75. The summed E-state index contributed by atoms with van der Waals surface area (Å²) in [7, 11) is 0. The lowest BCUT2D eigenvalue weighted by molar-refractivity contribution is -0.137. The molecule has 0 bridgehead atoms. The number of benzene rings is 2. The Labute approximate surface area is 212 Å². The highest BCUT2D eigenvalue weighted by Crippen LogP contribution is 2.38. The molecule has 0 saturated heterocycles. The van der Waals surface area contributed by atoms with E-state index in [2.05, 4.69) is 23.2 Å². The van der Waals surface area contributed by atoms with Crippen molar-refractivity contribution in [3.63, 3.8) is 0 Å². The molecule has 0 unspecified atom stereocenters. The molecule has 0 radical (unpaired) electrons. The van der Waals surface area contributed by atoms with E-state index in [4.69, 9.17) is 22.3 Å². The molecule has 1 aliphatic heterocycles. The van der Waals surface area contributed by atoms with E-state index in [1.807, 2.05) is 18.4 Å². The standard InChI is InChI=1S/C26H28ClF4N5/c1-4-5-21(25(2,3)32)35-12-13-36-22(15-35)34-23(16-6-8-17(28)9-7-16)24(36)33-18-10-11-19(20(27)14-18)26(29,30)31/h5-11,14,33H,4,12-13,15,32H2,1-3H3/b21-5+. The van der Waals surface area contributed by atoms with E-state index in [1.165, 1.54) is 24.3 Å². The van der Waals surface area contributed by atoms with Crippen molar-refractivity contribution in [2.45, 2.75) is 52.0 Å². The molecule has 3 N–H and O–H groups in total. The number of hydrogen-bond acceptors (Lipinski definition) is 4. The van der Waals surface area contributed by atoms with Crippen molar-refractivity contribution in [2.75, 3.05) is 11.9 Å². The summed E-state index contributed by atoms with van der Waals surface area (Å²) in [5.41, 5.74) is 7.64. The predicted octanol–water partition coefficient (Wildman–Crippen LogP) is 6.95. The molecule has 2 heterocycles. The lowest BCUT2D eigenvalue weighted by atomic mass is 9.99. The normalized spacial score (nSPS) is 14.7. The fourth-order valence-electron chi connectivity index (χ4n) is 4.43. The molecule has 36 heavy (non-hydrogen) atoms. The Bertz CT molecular complexity index is 1270. The molecular formula is C26H28ClF4N5. The molecule has 1 aromatic heterocycles. The van der Waals surface area contributed by atoms with E-state index in [0.29, 0.717) is 42.4 Å². The molecule has 0 aliphatic carbocycles. The molecule has 0 fully saturated rings. The molecule has 3 aromatic rings. The quantitative estimate of drug-likeness (QED) is 0.344. The summed E-state index contributed by atoms with van der Waals surface area (Å²) >= 11 is 5.95. The first-order valence-corrected chi connectivity index (χ1v) is 12.0. The Morgan fingerprint density at radius 3 is 2.42 bits per heavy atom. The van der Waals surface area contributed by atoms with Gasteiger partial charge in [0.15, 0.2) is 0 Å².